The fraction of sp³-hybridized carbons (Fsp3) is 0.100. The first-order valence-corrected chi connectivity index (χ1v) is 22.3. The van der Waals surface area contributed by atoms with Gasteiger partial charge < -0.3 is 14.0 Å². The van der Waals surface area contributed by atoms with Crippen molar-refractivity contribution in [1.29, 1.82) is 5.26 Å². The number of hydrogen-bond donors (Lipinski definition) is 0. The van der Waals surface area contributed by atoms with E-state index in [1.807, 2.05) is 91.0 Å². The van der Waals surface area contributed by atoms with E-state index in [2.05, 4.69) is 146 Å². The number of fused-ring (bicyclic) bond motifs is 4. The molecule has 11 rings (SSSR count). The summed E-state index contributed by atoms with van der Waals surface area (Å²) in [6.45, 7) is 9.08. The van der Waals surface area contributed by atoms with E-state index in [4.69, 9.17) is 14.4 Å². The first-order chi connectivity index (χ1) is 32.3. The van der Waals surface area contributed by atoms with Gasteiger partial charge in [0.15, 0.2) is 0 Å². The Labute approximate surface area is 404 Å². The van der Waals surface area contributed by atoms with E-state index in [0.717, 1.165) is 61.4 Å². The Balaban J connectivity index is 0.000000375. The van der Waals surface area contributed by atoms with Crippen LogP contribution in [-0.2, 0) is 20.1 Å². The zero-order valence-corrected chi connectivity index (χ0v) is 39.9. The molecular weight excluding hydrogens is 999 g/mol. The number of rotatable bonds is 8. The summed E-state index contributed by atoms with van der Waals surface area (Å²) in [6.07, 6.45) is 1.79. The van der Waals surface area contributed by atoms with E-state index < -0.39 is 0 Å². The molecule has 0 aliphatic heterocycles. The second-order valence-corrected chi connectivity index (χ2v) is 16.9. The van der Waals surface area contributed by atoms with Crippen LogP contribution in [0, 0.1) is 23.5 Å². The zero-order valence-electron chi connectivity index (χ0n) is 37.5. The van der Waals surface area contributed by atoms with Gasteiger partial charge in [-0.15, -0.1) is 54.1 Å². The van der Waals surface area contributed by atoms with Crippen molar-refractivity contribution in [3.8, 4) is 67.9 Å². The molecule has 4 aromatic heterocycles. The zero-order chi connectivity index (χ0) is 45.1. The molecule has 0 aliphatic carbocycles. The molecule has 67 heavy (non-hydrogen) atoms. The van der Waals surface area contributed by atoms with E-state index >= 15 is 0 Å². The van der Waals surface area contributed by atoms with E-state index in [-0.39, 0.29) is 31.9 Å². The Hall–Kier alpha value is -7.75. The van der Waals surface area contributed by atoms with Crippen molar-refractivity contribution in [3.63, 3.8) is 0 Å². The van der Waals surface area contributed by atoms with Gasteiger partial charge in [-0.25, -0.2) is 4.98 Å². The maximum atomic E-state index is 9.27. The quantitative estimate of drug-likeness (QED) is 0.142. The number of benzene rings is 7. The molecule has 7 aromatic carbocycles. The number of imidazole rings is 1. The Kier molecular flexibility index (Phi) is 12.9. The molecule has 0 spiro atoms. The van der Waals surface area contributed by atoms with Crippen LogP contribution in [0.1, 0.15) is 56.2 Å². The molecule has 0 atom stereocenters. The molecule has 0 fully saturated rings. The van der Waals surface area contributed by atoms with Crippen LogP contribution >= 0.6 is 0 Å². The fourth-order valence-corrected chi connectivity index (χ4v) is 8.63. The molecule has 0 saturated heterocycles. The molecule has 0 aliphatic rings. The number of nitriles is 1. The predicted octanol–water partition coefficient (Wildman–Crippen LogP) is 15.5. The molecule has 6 nitrogen and oxygen atoms in total. The van der Waals surface area contributed by atoms with Crippen LogP contribution < -0.4 is 0 Å². The summed E-state index contributed by atoms with van der Waals surface area (Å²) in [5.41, 5.74) is 16.7. The van der Waals surface area contributed by atoms with Crippen molar-refractivity contribution in [2.75, 3.05) is 0 Å². The Morgan fingerprint density at radius 2 is 1.22 bits per heavy atom. The second-order valence-electron chi connectivity index (χ2n) is 16.9. The van der Waals surface area contributed by atoms with E-state index in [1.54, 1.807) is 6.20 Å². The van der Waals surface area contributed by atoms with Crippen LogP contribution in [0.3, 0.4) is 0 Å². The second kappa shape index (κ2) is 19.4. The maximum Gasteiger partial charge on any atom is 0.216 e. The number of hydrogen-bond acceptors (Lipinski definition) is 5. The molecule has 327 valence electrons. The third-order valence-corrected chi connectivity index (χ3v) is 12.0. The molecule has 0 amide bonds. The smallest absolute Gasteiger partial charge is 0.216 e. The number of pyridine rings is 2. The van der Waals surface area contributed by atoms with Gasteiger partial charge >= 0.3 is 0 Å². The van der Waals surface area contributed by atoms with Gasteiger partial charge in [0.2, 0.25) is 5.71 Å². The average Bonchev–Trinajstić information content (AvgIpc) is 3.95. The fourth-order valence-electron chi connectivity index (χ4n) is 8.63. The van der Waals surface area contributed by atoms with Crippen molar-refractivity contribution in [3.05, 3.63) is 217 Å². The van der Waals surface area contributed by atoms with Gasteiger partial charge in [0.05, 0.1) is 39.8 Å². The van der Waals surface area contributed by atoms with Crippen LogP contribution in [-0.4, -0.2) is 19.5 Å². The summed E-state index contributed by atoms with van der Waals surface area (Å²) in [6, 6.07) is 70.6. The topological polar surface area (TPSA) is 80.5 Å². The SMILES string of the molecule is CC(C)c1cc(-c2ccc(-c3ccccc3)cc2)cc(C(C)C)c1-n1c(-c2[c-]ccc3c2oc2nc(-c4ccc(C#N)cc4)ccc23)nc2ccccc21.[Ir].[c-]1ccccc1-c1ccccn1. The van der Waals surface area contributed by atoms with Gasteiger partial charge in [0, 0.05) is 42.9 Å². The number of aromatic nitrogens is 4. The van der Waals surface area contributed by atoms with Crippen LogP contribution in [0.5, 0.6) is 0 Å². The van der Waals surface area contributed by atoms with E-state index in [0.29, 0.717) is 16.9 Å². The molecule has 4 heterocycles. The van der Waals surface area contributed by atoms with Gasteiger partial charge in [-0.05, 0) is 106 Å². The van der Waals surface area contributed by atoms with Crippen molar-refractivity contribution in [2.24, 2.45) is 0 Å². The summed E-state index contributed by atoms with van der Waals surface area (Å²) in [4.78, 5) is 14.5. The van der Waals surface area contributed by atoms with Gasteiger partial charge in [-0.3, -0.25) is 4.98 Å². The summed E-state index contributed by atoms with van der Waals surface area (Å²) < 4.78 is 8.99. The Morgan fingerprint density at radius 3 is 1.90 bits per heavy atom. The summed E-state index contributed by atoms with van der Waals surface area (Å²) in [5, 5.41) is 11.2. The van der Waals surface area contributed by atoms with Crippen LogP contribution in [0.2, 0.25) is 0 Å². The average molecular weight is 1040 g/mol. The number of nitrogens with zero attached hydrogens (tertiary/aromatic N) is 5. The third kappa shape index (κ3) is 8.86. The molecule has 11 aromatic rings. The first kappa shape index (κ1) is 44.5. The predicted molar refractivity (Wildman–Crippen MR) is 268 cm³/mol. The van der Waals surface area contributed by atoms with Crippen LogP contribution in [0.15, 0.2) is 193 Å². The van der Waals surface area contributed by atoms with E-state index in [9.17, 15) is 5.26 Å². The molecule has 7 heteroatoms. The molecular formula is C60H45IrN5O-2. The molecule has 0 saturated carbocycles. The van der Waals surface area contributed by atoms with E-state index in [1.165, 1.54) is 33.4 Å². The largest absolute Gasteiger partial charge is 0.486 e. The molecule has 0 N–H and O–H groups in total. The van der Waals surface area contributed by atoms with Gasteiger partial charge in [0.1, 0.15) is 0 Å². The number of furan rings is 1. The molecule has 0 unspecified atom stereocenters. The molecule has 1 radical (unpaired) electrons. The number of para-hydroxylation sites is 2. The van der Waals surface area contributed by atoms with Gasteiger partial charge in [0.25, 0.3) is 0 Å². The van der Waals surface area contributed by atoms with Crippen molar-refractivity contribution in [2.45, 2.75) is 39.5 Å². The van der Waals surface area contributed by atoms with Gasteiger partial charge in [-0.2, -0.15) is 5.26 Å². The summed E-state index contributed by atoms with van der Waals surface area (Å²) >= 11 is 0. The first-order valence-electron chi connectivity index (χ1n) is 22.3. The van der Waals surface area contributed by atoms with Crippen molar-refractivity contribution in [1.82, 2.24) is 19.5 Å². The molecule has 0 bridgehead atoms. The minimum atomic E-state index is 0. The Morgan fingerprint density at radius 1 is 0.567 bits per heavy atom. The van der Waals surface area contributed by atoms with Crippen molar-refractivity contribution < 1.29 is 24.5 Å². The summed E-state index contributed by atoms with van der Waals surface area (Å²) in [7, 11) is 0. The van der Waals surface area contributed by atoms with Crippen LogP contribution in [0.25, 0.3) is 94.9 Å². The normalized spacial score (nSPS) is 11.1. The maximum absolute atomic E-state index is 9.27. The summed E-state index contributed by atoms with van der Waals surface area (Å²) in [5.74, 6) is 1.23. The third-order valence-electron chi connectivity index (χ3n) is 12.0. The Bertz CT molecular complexity index is 3450. The monoisotopic (exact) mass is 1040 g/mol. The van der Waals surface area contributed by atoms with Gasteiger partial charge in [-0.1, -0.05) is 130 Å². The van der Waals surface area contributed by atoms with Crippen LogP contribution in [0.4, 0.5) is 0 Å². The minimum absolute atomic E-state index is 0. The van der Waals surface area contributed by atoms with Crippen molar-refractivity contribution >= 4 is 33.1 Å². The minimum Gasteiger partial charge on any atom is -0.486 e. The standard InChI is InChI=1S/C49H37N4O.C11H8N.Ir/c1-30(2)41-27-37(35-23-21-34(22-24-35)33-11-6-5-7-12-33)28-42(31(3)4)46(41)53-45-16-9-8-15-44(45)51-48(53)40-14-10-13-38-39-25-26-43(52-49(39)54-47(38)40)36-19-17-32(29-50)18-20-36;1-2-6-10(7-3-1)11-8-4-5-9-12-11;/h5-13,15-28,30-31H,1-4H3;1-6,8-9H;/q2*-1;.